The predicted octanol–water partition coefficient (Wildman–Crippen LogP) is 1.22. The molecule has 0 atom stereocenters. The Kier molecular flexibility index (Phi) is 4.17. The standard InChI is InChI=1S/C13H13N5O/c1-19-12-9-15-8-11(17-12)13(14)18-16-7-10-5-3-2-4-6-10/h2-9H,1H3,(H2,14,18)/b16-7+. The maximum absolute atomic E-state index is 5.76. The lowest BCUT2D eigenvalue weighted by atomic mass is 10.2. The number of ether oxygens (including phenoxy) is 1. The van der Waals surface area contributed by atoms with Crippen molar-refractivity contribution in [3.63, 3.8) is 0 Å². The zero-order chi connectivity index (χ0) is 13.5. The van der Waals surface area contributed by atoms with Gasteiger partial charge < -0.3 is 10.5 Å². The molecule has 0 unspecified atom stereocenters. The van der Waals surface area contributed by atoms with Gasteiger partial charge in [-0.15, -0.1) is 5.10 Å². The molecule has 0 spiro atoms. The van der Waals surface area contributed by atoms with Crippen molar-refractivity contribution in [1.82, 2.24) is 9.97 Å². The molecule has 1 aromatic heterocycles. The average Bonchev–Trinajstić information content (AvgIpc) is 2.48. The first-order chi connectivity index (χ1) is 9.29. The van der Waals surface area contributed by atoms with E-state index in [-0.39, 0.29) is 5.84 Å². The molecular formula is C13H13N5O. The van der Waals surface area contributed by atoms with Crippen LogP contribution >= 0.6 is 0 Å². The van der Waals surface area contributed by atoms with Crippen LogP contribution in [0, 0.1) is 0 Å². The highest BCUT2D eigenvalue weighted by Gasteiger charge is 2.02. The second-order valence-electron chi connectivity index (χ2n) is 3.59. The van der Waals surface area contributed by atoms with Gasteiger partial charge in [0.15, 0.2) is 5.84 Å². The van der Waals surface area contributed by atoms with Crippen molar-refractivity contribution < 1.29 is 4.74 Å². The number of benzene rings is 1. The maximum atomic E-state index is 5.76. The highest BCUT2D eigenvalue weighted by atomic mass is 16.5. The van der Waals surface area contributed by atoms with Gasteiger partial charge in [-0.3, -0.25) is 4.98 Å². The highest BCUT2D eigenvalue weighted by Crippen LogP contribution is 2.03. The number of aromatic nitrogens is 2. The van der Waals surface area contributed by atoms with E-state index in [1.165, 1.54) is 19.5 Å². The molecule has 1 heterocycles. The van der Waals surface area contributed by atoms with E-state index in [1.54, 1.807) is 6.21 Å². The third kappa shape index (κ3) is 3.60. The Morgan fingerprint density at radius 2 is 2.05 bits per heavy atom. The normalized spacial score (nSPS) is 11.7. The quantitative estimate of drug-likeness (QED) is 0.505. The van der Waals surface area contributed by atoms with E-state index >= 15 is 0 Å². The molecule has 0 bridgehead atoms. The van der Waals surface area contributed by atoms with Crippen LogP contribution in [0.5, 0.6) is 5.88 Å². The van der Waals surface area contributed by atoms with Crippen molar-refractivity contribution >= 4 is 12.1 Å². The molecule has 19 heavy (non-hydrogen) atoms. The van der Waals surface area contributed by atoms with Crippen LogP contribution < -0.4 is 10.5 Å². The minimum atomic E-state index is 0.179. The molecule has 0 saturated carbocycles. The molecule has 2 rings (SSSR count). The monoisotopic (exact) mass is 255 g/mol. The minimum absolute atomic E-state index is 0.179. The fourth-order valence-electron chi connectivity index (χ4n) is 1.32. The summed E-state index contributed by atoms with van der Waals surface area (Å²) in [6, 6.07) is 9.60. The van der Waals surface area contributed by atoms with Gasteiger partial charge >= 0.3 is 0 Å². The highest BCUT2D eigenvalue weighted by molar-refractivity contribution is 5.95. The second kappa shape index (κ2) is 6.25. The molecule has 0 aliphatic carbocycles. The topological polar surface area (TPSA) is 85.8 Å². The van der Waals surface area contributed by atoms with Crippen molar-refractivity contribution in [2.24, 2.45) is 15.9 Å². The van der Waals surface area contributed by atoms with Gasteiger partial charge in [-0.05, 0) is 5.56 Å². The lowest BCUT2D eigenvalue weighted by Gasteiger charge is -2.00. The van der Waals surface area contributed by atoms with E-state index in [9.17, 15) is 0 Å². The van der Waals surface area contributed by atoms with E-state index in [2.05, 4.69) is 20.2 Å². The number of hydrogen-bond donors (Lipinski definition) is 1. The SMILES string of the molecule is COc1cncc(/C(N)=N/N=C/c2ccccc2)n1. The molecule has 1 aromatic carbocycles. The Bertz CT molecular complexity index is 595. The summed E-state index contributed by atoms with van der Waals surface area (Å²) in [5.41, 5.74) is 7.12. The summed E-state index contributed by atoms with van der Waals surface area (Å²) < 4.78 is 4.96. The van der Waals surface area contributed by atoms with Gasteiger partial charge in [0.25, 0.3) is 0 Å². The number of nitrogens with two attached hydrogens (primary N) is 1. The fourth-order valence-corrected chi connectivity index (χ4v) is 1.32. The van der Waals surface area contributed by atoms with Gasteiger partial charge in [0.05, 0.1) is 25.7 Å². The summed E-state index contributed by atoms with van der Waals surface area (Å²) in [7, 11) is 1.51. The second-order valence-corrected chi connectivity index (χ2v) is 3.59. The summed E-state index contributed by atoms with van der Waals surface area (Å²) in [6.07, 6.45) is 4.60. The van der Waals surface area contributed by atoms with Gasteiger partial charge in [-0.25, -0.2) is 4.98 Å². The van der Waals surface area contributed by atoms with Crippen LogP contribution in [0.4, 0.5) is 0 Å². The van der Waals surface area contributed by atoms with Crippen molar-refractivity contribution in [2.45, 2.75) is 0 Å². The Labute approximate surface area is 110 Å². The number of rotatable bonds is 4. The lowest BCUT2D eigenvalue weighted by molar-refractivity contribution is 0.395. The first kappa shape index (κ1) is 12.7. The Balaban J connectivity index is 2.12. The van der Waals surface area contributed by atoms with E-state index in [0.717, 1.165) is 5.56 Å². The van der Waals surface area contributed by atoms with Crippen molar-refractivity contribution in [2.75, 3.05) is 7.11 Å². The Hall–Kier alpha value is -2.76. The molecule has 2 N–H and O–H groups in total. The summed E-state index contributed by atoms with van der Waals surface area (Å²) in [6.45, 7) is 0. The van der Waals surface area contributed by atoms with E-state index in [1.807, 2.05) is 30.3 Å². The van der Waals surface area contributed by atoms with Crippen molar-refractivity contribution in [3.8, 4) is 5.88 Å². The average molecular weight is 255 g/mol. The Morgan fingerprint density at radius 3 is 2.79 bits per heavy atom. The van der Waals surface area contributed by atoms with Crippen LogP contribution in [-0.4, -0.2) is 29.1 Å². The van der Waals surface area contributed by atoms with Gasteiger partial charge in [0.1, 0.15) is 5.69 Å². The van der Waals surface area contributed by atoms with Crippen LogP contribution in [0.15, 0.2) is 52.9 Å². The zero-order valence-electron chi connectivity index (χ0n) is 10.4. The number of methoxy groups -OCH3 is 1. The van der Waals surface area contributed by atoms with Gasteiger partial charge in [0, 0.05) is 0 Å². The predicted molar refractivity (Wildman–Crippen MR) is 73.3 cm³/mol. The zero-order valence-corrected chi connectivity index (χ0v) is 10.4. The van der Waals surface area contributed by atoms with E-state index < -0.39 is 0 Å². The molecule has 0 radical (unpaired) electrons. The van der Waals surface area contributed by atoms with Gasteiger partial charge in [-0.1, -0.05) is 30.3 Å². The first-order valence-corrected chi connectivity index (χ1v) is 5.57. The van der Waals surface area contributed by atoms with Gasteiger partial charge in [0.2, 0.25) is 5.88 Å². The minimum Gasteiger partial charge on any atom is -0.480 e. The fraction of sp³-hybridized carbons (Fsp3) is 0.0769. The summed E-state index contributed by atoms with van der Waals surface area (Å²) in [4.78, 5) is 8.04. The molecule has 0 fully saturated rings. The van der Waals surface area contributed by atoms with Crippen LogP contribution in [0.3, 0.4) is 0 Å². The summed E-state index contributed by atoms with van der Waals surface area (Å²) in [5, 5.41) is 7.77. The summed E-state index contributed by atoms with van der Waals surface area (Å²) >= 11 is 0. The van der Waals surface area contributed by atoms with Crippen LogP contribution in [0.1, 0.15) is 11.3 Å². The third-order valence-electron chi connectivity index (χ3n) is 2.26. The maximum Gasteiger partial charge on any atom is 0.232 e. The van der Waals surface area contributed by atoms with Gasteiger partial charge in [-0.2, -0.15) is 5.10 Å². The molecule has 0 aliphatic rings. The first-order valence-electron chi connectivity index (χ1n) is 5.57. The van der Waals surface area contributed by atoms with Crippen molar-refractivity contribution in [3.05, 3.63) is 54.0 Å². The molecule has 6 nitrogen and oxygen atoms in total. The molecule has 2 aromatic rings. The largest absolute Gasteiger partial charge is 0.480 e. The number of amidine groups is 1. The number of nitrogens with zero attached hydrogens (tertiary/aromatic N) is 4. The van der Waals surface area contributed by atoms with Crippen LogP contribution in [-0.2, 0) is 0 Å². The van der Waals surface area contributed by atoms with E-state index in [4.69, 9.17) is 10.5 Å². The molecule has 0 amide bonds. The molecule has 6 heteroatoms. The molecule has 96 valence electrons. The summed E-state index contributed by atoms with van der Waals surface area (Å²) in [5.74, 6) is 0.557. The lowest BCUT2D eigenvalue weighted by Crippen LogP contribution is -2.15. The molecule has 0 aliphatic heterocycles. The van der Waals surface area contributed by atoms with Crippen LogP contribution in [0.25, 0.3) is 0 Å². The smallest absolute Gasteiger partial charge is 0.232 e. The molecule has 0 saturated heterocycles. The Morgan fingerprint density at radius 1 is 1.26 bits per heavy atom. The van der Waals surface area contributed by atoms with E-state index in [0.29, 0.717) is 11.6 Å². The number of hydrogen-bond acceptors (Lipinski definition) is 5. The van der Waals surface area contributed by atoms with Crippen LogP contribution in [0.2, 0.25) is 0 Å². The third-order valence-corrected chi connectivity index (χ3v) is 2.26. The van der Waals surface area contributed by atoms with Crippen molar-refractivity contribution in [1.29, 1.82) is 0 Å². The molecular weight excluding hydrogens is 242 g/mol.